The summed E-state index contributed by atoms with van der Waals surface area (Å²) in [5.74, 6) is 1.31. The number of nitrogens with two attached hydrogens (primary N) is 1. The summed E-state index contributed by atoms with van der Waals surface area (Å²) < 4.78 is 7.92. The second kappa shape index (κ2) is 4.61. The van der Waals surface area contributed by atoms with Crippen LogP contribution in [0.3, 0.4) is 0 Å². The fourth-order valence-corrected chi connectivity index (χ4v) is 2.55. The van der Waals surface area contributed by atoms with Crippen molar-refractivity contribution in [2.24, 2.45) is 0 Å². The van der Waals surface area contributed by atoms with E-state index >= 15 is 0 Å². The molecular formula is C12H13BrN4O. The zero-order chi connectivity index (χ0) is 12.5. The van der Waals surface area contributed by atoms with Crippen molar-refractivity contribution in [1.29, 1.82) is 0 Å². The average molecular weight is 309 g/mol. The van der Waals surface area contributed by atoms with Crippen LogP contribution in [0.5, 0.6) is 5.75 Å². The Labute approximate surface area is 113 Å². The van der Waals surface area contributed by atoms with Gasteiger partial charge in [0.25, 0.3) is 0 Å². The van der Waals surface area contributed by atoms with Crippen molar-refractivity contribution in [1.82, 2.24) is 14.8 Å². The lowest BCUT2D eigenvalue weighted by Crippen LogP contribution is -2.04. The third-order valence-electron chi connectivity index (χ3n) is 3.01. The van der Waals surface area contributed by atoms with Gasteiger partial charge in [0.05, 0.1) is 6.61 Å². The van der Waals surface area contributed by atoms with Crippen LogP contribution in [0.2, 0.25) is 0 Å². The van der Waals surface area contributed by atoms with Gasteiger partial charge in [-0.3, -0.25) is 0 Å². The quantitative estimate of drug-likeness (QED) is 0.939. The number of anilines is 1. The van der Waals surface area contributed by atoms with Crippen LogP contribution >= 0.6 is 15.9 Å². The third kappa shape index (κ3) is 2.20. The van der Waals surface area contributed by atoms with Gasteiger partial charge in [0.2, 0.25) is 5.95 Å². The van der Waals surface area contributed by atoms with Crippen molar-refractivity contribution < 1.29 is 4.74 Å². The van der Waals surface area contributed by atoms with Gasteiger partial charge in [-0.25, -0.2) is 4.68 Å². The van der Waals surface area contributed by atoms with Crippen molar-refractivity contribution in [3.8, 4) is 5.75 Å². The van der Waals surface area contributed by atoms with Gasteiger partial charge in [0.15, 0.2) is 4.73 Å². The summed E-state index contributed by atoms with van der Waals surface area (Å²) in [6.07, 6.45) is 1.90. The molecular weight excluding hydrogens is 296 g/mol. The number of aryl methyl sites for hydroxylation is 2. The number of ether oxygens (including phenoxy) is 1. The monoisotopic (exact) mass is 308 g/mol. The van der Waals surface area contributed by atoms with E-state index < -0.39 is 0 Å². The summed E-state index contributed by atoms with van der Waals surface area (Å²) in [4.78, 5) is 4.01. The van der Waals surface area contributed by atoms with Crippen molar-refractivity contribution >= 4 is 21.9 Å². The zero-order valence-electron chi connectivity index (χ0n) is 9.77. The van der Waals surface area contributed by atoms with Crippen molar-refractivity contribution in [3.63, 3.8) is 0 Å². The normalized spacial score (nSPS) is 13.4. The van der Waals surface area contributed by atoms with E-state index in [0.717, 1.165) is 31.7 Å². The van der Waals surface area contributed by atoms with Gasteiger partial charge < -0.3 is 10.5 Å². The predicted octanol–water partition coefficient (Wildman–Crippen LogP) is 1.80. The van der Waals surface area contributed by atoms with Gasteiger partial charge in [-0.15, -0.1) is 5.10 Å². The molecule has 0 aliphatic carbocycles. The molecule has 2 heterocycles. The first kappa shape index (κ1) is 11.5. The van der Waals surface area contributed by atoms with Gasteiger partial charge in [0.1, 0.15) is 5.75 Å². The molecule has 6 heteroatoms. The van der Waals surface area contributed by atoms with Crippen LogP contribution in [0, 0.1) is 0 Å². The molecule has 1 aliphatic heterocycles. The van der Waals surface area contributed by atoms with E-state index in [0.29, 0.717) is 10.7 Å². The van der Waals surface area contributed by atoms with E-state index in [1.807, 2.05) is 6.07 Å². The lowest BCUT2D eigenvalue weighted by molar-refractivity contribution is 0.357. The second-order valence-electron chi connectivity index (χ2n) is 4.25. The van der Waals surface area contributed by atoms with Gasteiger partial charge >= 0.3 is 0 Å². The van der Waals surface area contributed by atoms with E-state index in [9.17, 15) is 0 Å². The second-order valence-corrected chi connectivity index (χ2v) is 4.96. The molecule has 0 fully saturated rings. The van der Waals surface area contributed by atoms with Crippen LogP contribution in [0.4, 0.5) is 5.95 Å². The Hall–Kier alpha value is -1.56. The number of fused-ring (bicyclic) bond motifs is 1. The molecule has 0 saturated heterocycles. The molecule has 0 unspecified atom stereocenters. The number of nitrogens with zero attached hydrogens (tertiary/aromatic N) is 3. The van der Waals surface area contributed by atoms with Gasteiger partial charge in [0, 0.05) is 13.0 Å². The molecule has 0 amide bonds. The van der Waals surface area contributed by atoms with Crippen molar-refractivity contribution in [2.75, 3.05) is 12.3 Å². The highest BCUT2D eigenvalue weighted by Gasteiger charge is 2.12. The standard InChI is InChI=1S/C12H13BrN4O/c13-11-15-12(14)16-17(11)5-3-8-1-2-10-9(7-8)4-6-18-10/h1-2,7H,3-6H2,(H2,14,16). The molecule has 2 aromatic rings. The molecule has 2 N–H and O–H groups in total. The number of halogens is 1. The fourth-order valence-electron chi connectivity index (χ4n) is 2.11. The minimum absolute atomic E-state index is 0.296. The summed E-state index contributed by atoms with van der Waals surface area (Å²) in [6, 6.07) is 6.34. The van der Waals surface area contributed by atoms with Crippen molar-refractivity contribution in [3.05, 3.63) is 34.1 Å². The Bertz CT molecular complexity index is 581. The number of rotatable bonds is 3. The zero-order valence-corrected chi connectivity index (χ0v) is 11.4. The highest BCUT2D eigenvalue weighted by atomic mass is 79.9. The van der Waals surface area contributed by atoms with Crippen LogP contribution in [0.15, 0.2) is 22.9 Å². The summed E-state index contributed by atoms with van der Waals surface area (Å²) in [6.45, 7) is 1.55. The lowest BCUT2D eigenvalue weighted by Gasteiger charge is -2.05. The molecule has 0 spiro atoms. The number of aromatic nitrogens is 3. The topological polar surface area (TPSA) is 66.0 Å². The van der Waals surface area contributed by atoms with E-state index in [1.165, 1.54) is 11.1 Å². The fraction of sp³-hybridized carbons (Fsp3) is 0.333. The first-order valence-corrected chi connectivity index (χ1v) is 6.62. The Morgan fingerprint density at radius 2 is 2.33 bits per heavy atom. The minimum atomic E-state index is 0.296. The average Bonchev–Trinajstić information content (AvgIpc) is 2.92. The molecule has 1 aliphatic rings. The Morgan fingerprint density at radius 1 is 1.44 bits per heavy atom. The molecule has 18 heavy (non-hydrogen) atoms. The predicted molar refractivity (Wildman–Crippen MR) is 71.5 cm³/mol. The Morgan fingerprint density at radius 3 is 3.11 bits per heavy atom. The lowest BCUT2D eigenvalue weighted by atomic mass is 10.1. The third-order valence-corrected chi connectivity index (χ3v) is 3.60. The number of nitrogen functional groups attached to an aromatic ring is 1. The molecule has 0 radical (unpaired) electrons. The van der Waals surface area contributed by atoms with Crippen LogP contribution < -0.4 is 10.5 Å². The van der Waals surface area contributed by atoms with Crippen LogP contribution in [0.1, 0.15) is 11.1 Å². The van der Waals surface area contributed by atoms with E-state index in [4.69, 9.17) is 10.5 Å². The number of hydrogen-bond acceptors (Lipinski definition) is 4. The Balaban J connectivity index is 1.72. The number of hydrogen-bond donors (Lipinski definition) is 1. The van der Waals surface area contributed by atoms with Crippen LogP contribution in [-0.4, -0.2) is 21.4 Å². The van der Waals surface area contributed by atoms with E-state index in [1.54, 1.807) is 4.68 Å². The van der Waals surface area contributed by atoms with Crippen LogP contribution in [0.25, 0.3) is 0 Å². The summed E-state index contributed by atoms with van der Waals surface area (Å²) in [7, 11) is 0. The SMILES string of the molecule is Nc1nc(Br)n(CCc2ccc3c(c2)CCO3)n1. The largest absolute Gasteiger partial charge is 0.493 e. The molecule has 1 aromatic carbocycles. The molecule has 1 aromatic heterocycles. The molecule has 0 bridgehead atoms. The summed E-state index contributed by atoms with van der Waals surface area (Å²) in [5, 5.41) is 4.11. The Kier molecular flexibility index (Phi) is 2.95. The van der Waals surface area contributed by atoms with Gasteiger partial charge in [-0.2, -0.15) is 4.98 Å². The minimum Gasteiger partial charge on any atom is -0.493 e. The maximum Gasteiger partial charge on any atom is 0.240 e. The number of benzene rings is 1. The molecule has 0 atom stereocenters. The maximum absolute atomic E-state index is 5.53. The van der Waals surface area contributed by atoms with Gasteiger partial charge in [-0.05, 0) is 39.5 Å². The smallest absolute Gasteiger partial charge is 0.240 e. The molecule has 0 saturated carbocycles. The molecule has 94 valence electrons. The molecule has 3 rings (SSSR count). The highest BCUT2D eigenvalue weighted by Crippen LogP contribution is 2.26. The van der Waals surface area contributed by atoms with Crippen molar-refractivity contribution in [2.45, 2.75) is 19.4 Å². The maximum atomic E-state index is 5.53. The highest BCUT2D eigenvalue weighted by molar-refractivity contribution is 9.10. The first-order chi connectivity index (χ1) is 8.72. The molecule has 5 nitrogen and oxygen atoms in total. The van der Waals surface area contributed by atoms with Crippen LogP contribution in [-0.2, 0) is 19.4 Å². The van der Waals surface area contributed by atoms with E-state index in [2.05, 4.69) is 38.1 Å². The first-order valence-electron chi connectivity index (χ1n) is 5.83. The van der Waals surface area contributed by atoms with E-state index in [-0.39, 0.29) is 0 Å². The summed E-state index contributed by atoms with van der Waals surface area (Å²) >= 11 is 3.33. The summed E-state index contributed by atoms with van der Waals surface area (Å²) in [5.41, 5.74) is 8.11. The van der Waals surface area contributed by atoms with Gasteiger partial charge in [-0.1, -0.05) is 12.1 Å².